The maximum atomic E-state index is 12.0. The van der Waals surface area contributed by atoms with Gasteiger partial charge in [-0.05, 0) is 19.0 Å². The monoisotopic (exact) mass is 261 g/mol. The molecule has 19 heavy (non-hydrogen) atoms. The summed E-state index contributed by atoms with van der Waals surface area (Å²) in [6, 6.07) is 10.4. The highest BCUT2D eigenvalue weighted by molar-refractivity contribution is 5.81. The molecule has 1 amide bonds. The van der Waals surface area contributed by atoms with Crippen LogP contribution in [-0.4, -0.2) is 62.0 Å². The van der Waals surface area contributed by atoms with Crippen LogP contribution in [0.3, 0.4) is 0 Å². The van der Waals surface area contributed by atoms with Crippen LogP contribution >= 0.6 is 0 Å². The van der Waals surface area contributed by atoms with Crippen molar-refractivity contribution >= 4 is 5.91 Å². The van der Waals surface area contributed by atoms with Gasteiger partial charge in [-0.3, -0.25) is 9.69 Å². The van der Waals surface area contributed by atoms with E-state index in [4.69, 9.17) is 0 Å². The van der Waals surface area contributed by atoms with Gasteiger partial charge in [0.05, 0.1) is 0 Å². The fourth-order valence-electron chi connectivity index (χ4n) is 2.56. The second-order valence-electron chi connectivity index (χ2n) is 5.16. The zero-order chi connectivity index (χ0) is 13.7. The summed E-state index contributed by atoms with van der Waals surface area (Å²) >= 11 is 0. The highest BCUT2D eigenvalue weighted by Gasteiger charge is 2.29. The first kappa shape index (κ1) is 14.0. The van der Waals surface area contributed by atoms with Gasteiger partial charge in [-0.15, -0.1) is 0 Å². The van der Waals surface area contributed by atoms with Crippen molar-refractivity contribution in [3.8, 4) is 0 Å². The molecule has 0 unspecified atom stereocenters. The number of piperazine rings is 1. The number of carbonyl (C=O) groups is 1. The number of hydrogen-bond acceptors (Lipinski definition) is 3. The van der Waals surface area contributed by atoms with E-state index >= 15 is 0 Å². The molecule has 1 saturated heterocycles. The van der Waals surface area contributed by atoms with E-state index in [1.807, 2.05) is 6.07 Å². The first-order valence-electron chi connectivity index (χ1n) is 6.89. The lowest BCUT2D eigenvalue weighted by atomic mass is 10.1. The van der Waals surface area contributed by atoms with Crippen LogP contribution in [0.4, 0.5) is 0 Å². The predicted octanol–water partition coefficient (Wildman–Crippen LogP) is 0.591. The molecular formula is C15H23N3O. The molecule has 104 valence electrons. The molecule has 1 fully saturated rings. The molecule has 2 rings (SSSR count). The van der Waals surface area contributed by atoms with E-state index in [1.165, 1.54) is 5.56 Å². The van der Waals surface area contributed by atoms with E-state index in [0.717, 1.165) is 32.6 Å². The summed E-state index contributed by atoms with van der Waals surface area (Å²) in [7, 11) is 3.79. The van der Waals surface area contributed by atoms with Crippen molar-refractivity contribution in [3.63, 3.8) is 0 Å². The molecule has 0 aliphatic carbocycles. The molecule has 0 radical (unpaired) electrons. The number of benzene rings is 1. The van der Waals surface area contributed by atoms with Crippen LogP contribution in [0, 0.1) is 0 Å². The second-order valence-corrected chi connectivity index (χ2v) is 5.16. The molecule has 1 N–H and O–H groups in total. The van der Waals surface area contributed by atoms with Gasteiger partial charge in [0.1, 0.15) is 6.04 Å². The van der Waals surface area contributed by atoms with E-state index in [0.29, 0.717) is 0 Å². The lowest BCUT2D eigenvalue weighted by Crippen LogP contribution is -2.58. The molecule has 0 aromatic heterocycles. The van der Waals surface area contributed by atoms with Crippen LogP contribution < -0.4 is 5.32 Å². The number of likely N-dealkylation sites (N-methyl/N-ethyl adjacent to an activating group) is 2. The molecular weight excluding hydrogens is 238 g/mol. The normalized spacial score (nSPS) is 21.3. The van der Waals surface area contributed by atoms with Crippen molar-refractivity contribution in [2.24, 2.45) is 0 Å². The molecule has 1 aliphatic rings. The topological polar surface area (TPSA) is 35.6 Å². The van der Waals surface area contributed by atoms with Crippen molar-refractivity contribution < 1.29 is 4.79 Å². The Balaban J connectivity index is 1.95. The molecule has 1 atom stereocenters. The van der Waals surface area contributed by atoms with E-state index in [2.05, 4.69) is 46.4 Å². The third kappa shape index (κ3) is 3.78. The Morgan fingerprint density at radius 2 is 2.05 bits per heavy atom. The summed E-state index contributed by atoms with van der Waals surface area (Å²) in [5.74, 6) is 0.125. The maximum absolute atomic E-state index is 12.0. The zero-order valence-corrected chi connectivity index (χ0v) is 11.8. The Kier molecular flexibility index (Phi) is 4.93. The minimum absolute atomic E-state index is 0.0209. The van der Waals surface area contributed by atoms with Gasteiger partial charge >= 0.3 is 0 Å². The molecule has 0 spiro atoms. The Labute approximate surface area is 115 Å². The van der Waals surface area contributed by atoms with Crippen molar-refractivity contribution in [1.82, 2.24) is 15.1 Å². The number of nitrogens with zero attached hydrogens (tertiary/aromatic N) is 2. The van der Waals surface area contributed by atoms with Crippen LogP contribution in [0.5, 0.6) is 0 Å². The minimum atomic E-state index is -0.0209. The fraction of sp³-hybridized carbons (Fsp3) is 0.533. The summed E-state index contributed by atoms with van der Waals surface area (Å²) in [5, 5.41) is 2.78. The third-order valence-corrected chi connectivity index (χ3v) is 3.77. The first-order valence-corrected chi connectivity index (χ1v) is 6.89. The Morgan fingerprint density at radius 1 is 1.32 bits per heavy atom. The van der Waals surface area contributed by atoms with Crippen LogP contribution in [0.15, 0.2) is 30.3 Å². The minimum Gasteiger partial charge on any atom is -0.358 e. The largest absolute Gasteiger partial charge is 0.358 e. The second kappa shape index (κ2) is 6.68. The lowest BCUT2D eigenvalue weighted by Gasteiger charge is -2.38. The predicted molar refractivity (Wildman–Crippen MR) is 77.1 cm³/mol. The van der Waals surface area contributed by atoms with Crippen LogP contribution in [0.25, 0.3) is 0 Å². The molecule has 1 heterocycles. The number of amides is 1. The summed E-state index contributed by atoms with van der Waals surface area (Å²) in [4.78, 5) is 16.5. The van der Waals surface area contributed by atoms with Gasteiger partial charge in [-0.1, -0.05) is 30.3 Å². The number of rotatable bonds is 4. The maximum Gasteiger partial charge on any atom is 0.238 e. The standard InChI is InChI=1S/C15H23N3O/c1-16-15(19)14-12-17(2)10-11-18(14)9-8-13-6-4-3-5-7-13/h3-7,14H,8-12H2,1-2H3,(H,16,19)/t14-/m1/s1. The van der Waals surface area contributed by atoms with Crippen molar-refractivity contribution in [3.05, 3.63) is 35.9 Å². The SMILES string of the molecule is CNC(=O)[C@H]1CN(C)CCN1CCc1ccccc1. The fourth-order valence-corrected chi connectivity index (χ4v) is 2.56. The summed E-state index contributed by atoms with van der Waals surface area (Å²) in [5.41, 5.74) is 1.33. The molecule has 4 nitrogen and oxygen atoms in total. The van der Waals surface area contributed by atoms with Gasteiger partial charge in [-0.25, -0.2) is 0 Å². The van der Waals surface area contributed by atoms with Gasteiger partial charge in [0.2, 0.25) is 5.91 Å². The van der Waals surface area contributed by atoms with Gasteiger partial charge < -0.3 is 10.2 Å². The Bertz CT molecular complexity index is 407. The summed E-state index contributed by atoms with van der Waals surface area (Å²) in [6.07, 6.45) is 0.998. The molecule has 0 saturated carbocycles. The van der Waals surface area contributed by atoms with Crippen molar-refractivity contribution in [1.29, 1.82) is 0 Å². The van der Waals surface area contributed by atoms with E-state index in [1.54, 1.807) is 7.05 Å². The Hall–Kier alpha value is -1.39. The molecule has 0 bridgehead atoms. The number of hydrogen-bond donors (Lipinski definition) is 1. The summed E-state index contributed by atoms with van der Waals surface area (Å²) < 4.78 is 0. The summed E-state index contributed by atoms with van der Waals surface area (Å²) in [6.45, 7) is 3.74. The van der Waals surface area contributed by atoms with Gasteiger partial charge in [0.15, 0.2) is 0 Å². The van der Waals surface area contributed by atoms with Crippen LogP contribution in [0.1, 0.15) is 5.56 Å². The smallest absolute Gasteiger partial charge is 0.238 e. The quantitative estimate of drug-likeness (QED) is 0.862. The zero-order valence-electron chi connectivity index (χ0n) is 11.8. The van der Waals surface area contributed by atoms with Gasteiger partial charge in [0, 0.05) is 33.2 Å². The van der Waals surface area contributed by atoms with E-state index < -0.39 is 0 Å². The van der Waals surface area contributed by atoms with Crippen molar-refractivity contribution in [2.45, 2.75) is 12.5 Å². The molecule has 4 heteroatoms. The first-order chi connectivity index (χ1) is 9.20. The van der Waals surface area contributed by atoms with E-state index in [9.17, 15) is 4.79 Å². The highest BCUT2D eigenvalue weighted by atomic mass is 16.2. The van der Waals surface area contributed by atoms with Crippen molar-refractivity contribution in [2.75, 3.05) is 40.3 Å². The van der Waals surface area contributed by atoms with Gasteiger partial charge in [0.25, 0.3) is 0 Å². The van der Waals surface area contributed by atoms with E-state index in [-0.39, 0.29) is 11.9 Å². The number of nitrogens with one attached hydrogen (secondary N) is 1. The van der Waals surface area contributed by atoms with Crippen LogP contribution in [-0.2, 0) is 11.2 Å². The van der Waals surface area contributed by atoms with Gasteiger partial charge in [-0.2, -0.15) is 0 Å². The average Bonchev–Trinajstić information content (AvgIpc) is 2.46. The van der Waals surface area contributed by atoms with Crippen LogP contribution in [0.2, 0.25) is 0 Å². The Morgan fingerprint density at radius 3 is 2.74 bits per heavy atom. The third-order valence-electron chi connectivity index (χ3n) is 3.77. The highest BCUT2D eigenvalue weighted by Crippen LogP contribution is 2.10. The number of carbonyl (C=O) groups excluding carboxylic acids is 1. The average molecular weight is 261 g/mol. The molecule has 1 aromatic carbocycles. The molecule has 1 aromatic rings. The molecule has 1 aliphatic heterocycles. The lowest BCUT2D eigenvalue weighted by molar-refractivity contribution is -0.128.